The third-order valence-electron chi connectivity index (χ3n) is 3.66. The second-order valence-corrected chi connectivity index (χ2v) is 6.40. The molecule has 2 aromatic rings. The van der Waals surface area contributed by atoms with E-state index in [0.29, 0.717) is 23.3 Å². The molecule has 116 valence electrons. The molecule has 0 spiro atoms. The second kappa shape index (κ2) is 6.98. The third-order valence-corrected chi connectivity index (χ3v) is 4.80. The highest BCUT2D eigenvalue weighted by Crippen LogP contribution is 2.26. The average molecular weight is 337 g/mol. The van der Waals surface area contributed by atoms with Crippen LogP contribution in [0.25, 0.3) is 0 Å². The van der Waals surface area contributed by atoms with Gasteiger partial charge in [-0.3, -0.25) is 0 Å². The molecule has 1 aliphatic heterocycles. The van der Waals surface area contributed by atoms with E-state index in [1.165, 1.54) is 0 Å². The van der Waals surface area contributed by atoms with Crippen molar-refractivity contribution in [3.8, 4) is 0 Å². The molecule has 1 saturated heterocycles. The fourth-order valence-electron chi connectivity index (χ4n) is 2.60. The van der Waals surface area contributed by atoms with Crippen molar-refractivity contribution in [2.24, 2.45) is 0 Å². The van der Waals surface area contributed by atoms with Crippen molar-refractivity contribution in [1.82, 2.24) is 10.3 Å². The second-order valence-electron chi connectivity index (χ2n) is 5.12. The van der Waals surface area contributed by atoms with Crippen molar-refractivity contribution >= 4 is 39.8 Å². The van der Waals surface area contributed by atoms with E-state index in [1.54, 1.807) is 23.5 Å². The van der Waals surface area contributed by atoms with Crippen molar-refractivity contribution in [1.29, 1.82) is 0 Å². The van der Waals surface area contributed by atoms with Crippen LogP contribution in [0.5, 0.6) is 0 Å². The van der Waals surface area contributed by atoms with Crippen molar-refractivity contribution in [2.75, 3.05) is 23.3 Å². The molecule has 0 aliphatic carbocycles. The van der Waals surface area contributed by atoms with Crippen LogP contribution in [0, 0.1) is 0 Å². The number of hydrogen-bond acceptors (Lipinski definition) is 4. The average Bonchev–Trinajstić information content (AvgIpc) is 3.18. The van der Waals surface area contributed by atoms with E-state index >= 15 is 0 Å². The minimum absolute atomic E-state index is 0.237. The topological polar surface area (TPSA) is 57.3 Å². The van der Waals surface area contributed by atoms with Crippen molar-refractivity contribution < 1.29 is 4.79 Å². The molecule has 1 aromatic heterocycles. The summed E-state index contributed by atoms with van der Waals surface area (Å²) in [5, 5.41) is 9.22. The normalized spacial score (nSPS) is 17.5. The molecule has 1 aliphatic rings. The summed E-state index contributed by atoms with van der Waals surface area (Å²) < 4.78 is 0. The van der Waals surface area contributed by atoms with Gasteiger partial charge in [-0.15, -0.1) is 11.3 Å². The van der Waals surface area contributed by atoms with Crippen LogP contribution in [0.1, 0.15) is 12.8 Å². The number of urea groups is 1. The van der Waals surface area contributed by atoms with E-state index in [-0.39, 0.29) is 6.03 Å². The summed E-state index contributed by atoms with van der Waals surface area (Å²) in [4.78, 5) is 18.6. The summed E-state index contributed by atoms with van der Waals surface area (Å²) in [5.74, 6) is 0. The number of para-hydroxylation sites is 1. The van der Waals surface area contributed by atoms with Gasteiger partial charge in [0.15, 0.2) is 5.13 Å². The van der Waals surface area contributed by atoms with Crippen LogP contribution in [0.3, 0.4) is 0 Å². The van der Waals surface area contributed by atoms with Gasteiger partial charge in [0, 0.05) is 30.7 Å². The SMILES string of the molecule is O=C(NC[C@H]1CCCN1c1nccs1)Nc1ccccc1Cl. The first kappa shape index (κ1) is 15.1. The lowest BCUT2D eigenvalue weighted by atomic mass is 10.2. The third kappa shape index (κ3) is 3.51. The van der Waals surface area contributed by atoms with E-state index < -0.39 is 0 Å². The van der Waals surface area contributed by atoms with Crippen molar-refractivity contribution in [3.05, 3.63) is 40.9 Å². The Morgan fingerprint density at radius 1 is 1.45 bits per heavy atom. The molecule has 2 amide bonds. The lowest BCUT2D eigenvalue weighted by Crippen LogP contribution is -2.41. The summed E-state index contributed by atoms with van der Waals surface area (Å²) in [6, 6.07) is 7.25. The molecule has 5 nitrogen and oxygen atoms in total. The van der Waals surface area contributed by atoms with E-state index in [0.717, 1.165) is 24.5 Å². The summed E-state index contributed by atoms with van der Waals surface area (Å²) >= 11 is 7.66. The number of nitrogens with one attached hydrogen (secondary N) is 2. The Morgan fingerprint density at radius 3 is 3.09 bits per heavy atom. The molecule has 0 unspecified atom stereocenters. The number of rotatable bonds is 4. The summed E-state index contributed by atoms with van der Waals surface area (Å²) in [6.07, 6.45) is 4.00. The monoisotopic (exact) mass is 336 g/mol. The Balaban J connectivity index is 1.54. The van der Waals surface area contributed by atoms with Crippen LogP contribution in [0.2, 0.25) is 5.02 Å². The number of benzene rings is 1. The maximum absolute atomic E-state index is 12.0. The molecule has 2 heterocycles. The van der Waals surface area contributed by atoms with Gasteiger partial charge in [-0.05, 0) is 25.0 Å². The first-order valence-electron chi connectivity index (χ1n) is 7.19. The predicted octanol–water partition coefficient (Wildman–Crippen LogP) is 3.59. The van der Waals surface area contributed by atoms with Gasteiger partial charge in [-0.25, -0.2) is 9.78 Å². The molecular formula is C15H17ClN4OS. The number of aromatic nitrogens is 1. The number of carbonyl (C=O) groups excluding carboxylic acids is 1. The van der Waals surface area contributed by atoms with Crippen molar-refractivity contribution in [2.45, 2.75) is 18.9 Å². The summed E-state index contributed by atoms with van der Waals surface area (Å²) in [6.45, 7) is 1.59. The number of halogens is 1. The molecule has 0 saturated carbocycles. The van der Waals surface area contributed by atoms with E-state index in [2.05, 4.69) is 20.5 Å². The fourth-order valence-corrected chi connectivity index (χ4v) is 3.52. The molecule has 1 fully saturated rings. The van der Waals surface area contributed by atoms with Gasteiger partial charge in [0.25, 0.3) is 0 Å². The zero-order valence-electron chi connectivity index (χ0n) is 12.0. The zero-order chi connectivity index (χ0) is 15.4. The number of nitrogens with zero attached hydrogens (tertiary/aromatic N) is 2. The predicted molar refractivity (Wildman–Crippen MR) is 91.0 cm³/mol. The van der Waals surface area contributed by atoms with E-state index in [1.807, 2.05) is 23.7 Å². The number of carbonyl (C=O) groups is 1. The smallest absolute Gasteiger partial charge is 0.319 e. The maximum atomic E-state index is 12.0. The number of anilines is 2. The molecule has 7 heteroatoms. The van der Waals surface area contributed by atoms with Crippen LogP contribution in [-0.4, -0.2) is 30.1 Å². The number of thiazole rings is 1. The maximum Gasteiger partial charge on any atom is 0.319 e. The first-order chi connectivity index (χ1) is 10.7. The molecule has 1 atom stereocenters. The lowest BCUT2D eigenvalue weighted by molar-refractivity contribution is 0.251. The van der Waals surface area contributed by atoms with Crippen LogP contribution in [0.4, 0.5) is 15.6 Å². The first-order valence-corrected chi connectivity index (χ1v) is 8.45. The Kier molecular flexibility index (Phi) is 4.80. The van der Waals surface area contributed by atoms with Crippen molar-refractivity contribution in [3.63, 3.8) is 0 Å². The van der Waals surface area contributed by atoms with Gasteiger partial charge in [0.1, 0.15) is 0 Å². The van der Waals surface area contributed by atoms with Gasteiger partial charge < -0.3 is 15.5 Å². The van der Waals surface area contributed by atoms with Gasteiger partial charge in [0.05, 0.1) is 10.7 Å². The minimum atomic E-state index is -0.237. The molecule has 2 N–H and O–H groups in total. The Labute approximate surface area is 138 Å². The van der Waals surface area contributed by atoms with Crippen LogP contribution >= 0.6 is 22.9 Å². The Morgan fingerprint density at radius 2 is 2.32 bits per heavy atom. The largest absolute Gasteiger partial charge is 0.343 e. The summed E-state index contributed by atoms with van der Waals surface area (Å²) in [5.41, 5.74) is 0.616. The van der Waals surface area contributed by atoms with Crippen LogP contribution in [-0.2, 0) is 0 Å². The minimum Gasteiger partial charge on any atom is -0.343 e. The van der Waals surface area contributed by atoms with Gasteiger partial charge in [0.2, 0.25) is 0 Å². The molecule has 0 radical (unpaired) electrons. The highest BCUT2D eigenvalue weighted by Gasteiger charge is 2.26. The molecular weight excluding hydrogens is 320 g/mol. The molecule has 1 aromatic carbocycles. The quantitative estimate of drug-likeness (QED) is 0.897. The molecule has 3 rings (SSSR count). The lowest BCUT2D eigenvalue weighted by Gasteiger charge is -2.24. The standard InChI is InChI=1S/C15H17ClN4OS/c16-12-5-1-2-6-13(12)19-14(21)18-10-11-4-3-8-20(11)15-17-7-9-22-15/h1-2,5-7,9,11H,3-4,8,10H2,(H2,18,19,21)/t11-/m1/s1. The number of amides is 2. The van der Waals surface area contributed by atoms with Gasteiger partial charge in [-0.2, -0.15) is 0 Å². The Bertz CT molecular complexity index is 634. The summed E-state index contributed by atoms with van der Waals surface area (Å²) in [7, 11) is 0. The highest BCUT2D eigenvalue weighted by atomic mass is 35.5. The molecule has 0 bridgehead atoms. The van der Waals surface area contributed by atoms with E-state index in [9.17, 15) is 4.79 Å². The van der Waals surface area contributed by atoms with E-state index in [4.69, 9.17) is 11.6 Å². The zero-order valence-corrected chi connectivity index (χ0v) is 13.5. The van der Waals surface area contributed by atoms with Gasteiger partial charge in [-0.1, -0.05) is 23.7 Å². The van der Waals surface area contributed by atoms with Gasteiger partial charge >= 0.3 is 6.03 Å². The van der Waals surface area contributed by atoms with Crippen LogP contribution in [0.15, 0.2) is 35.8 Å². The Hall–Kier alpha value is -1.79. The molecule has 22 heavy (non-hydrogen) atoms. The van der Waals surface area contributed by atoms with Crippen LogP contribution < -0.4 is 15.5 Å². The fraction of sp³-hybridized carbons (Fsp3) is 0.333. The highest BCUT2D eigenvalue weighted by molar-refractivity contribution is 7.13. The number of hydrogen-bond donors (Lipinski definition) is 2.